The molecule has 4 nitrogen and oxygen atoms in total. The molecule has 208 valence electrons. The molecular weight excluding hydrogens is 536 g/mol. The predicted octanol–water partition coefficient (Wildman–Crippen LogP) is 8.12. The van der Waals surface area contributed by atoms with Crippen LogP contribution in [0.25, 0.3) is 0 Å². The van der Waals surface area contributed by atoms with Crippen LogP contribution < -0.4 is 5.06 Å². The molecule has 3 heterocycles. The first-order chi connectivity index (χ1) is 18.0. The topological polar surface area (TPSA) is 45.6 Å². The molecule has 5 heteroatoms. The number of aliphatic hydroxyl groups excluding tert-OH is 1. The van der Waals surface area contributed by atoms with Crippen LogP contribution in [-0.4, -0.2) is 27.3 Å². The Bertz CT molecular complexity index is 1120. The van der Waals surface area contributed by atoms with Crippen molar-refractivity contribution in [2.24, 2.45) is 46.3 Å². The highest BCUT2D eigenvalue weighted by atomic mass is 79.9. The first-order valence-corrected chi connectivity index (χ1v) is 15.9. The molecule has 2 spiro atoms. The molecule has 38 heavy (non-hydrogen) atoms. The summed E-state index contributed by atoms with van der Waals surface area (Å²) in [5.74, 6) is 4.33. The maximum atomic E-state index is 10.9. The summed E-state index contributed by atoms with van der Waals surface area (Å²) in [6.07, 6.45) is 19.0. The first kappa shape index (κ1) is 27.0. The van der Waals surface area contributed by atoms with Crippen molar-refractivity contribution in [2.75, 3.05) is 5.06 Å². The number of hydrogen-bond acceptors (Lipinski definition) is 4. The van der Waals surface area contributed by atoms with E-state index in [2.05, 4.69) is 99.0 Å². The van der Waals surface area contributed by atoms with Gasteiger partial charge in [-0.3, -0.25) is 4.84 Å². The first-order valence-electron chi connectivity index (χ1n) is 15.1. The van der Waals surface area contributed by atoms with Crippen LogP contribution in [0.3, 0.4) is 0 Å². The van der Waals surface area contributed by atoms with Crippen molar-refractivity contribution < 1.29 is 9.94 Å². The lowest BCUT2D eigenvalue weighted by molar-refractivity contribution is -0.273. The van der Waals surface area contributed by atoms with E-state index in [4.69, 9.17) is 9.82 Å². The van der Waals surface area contributed by atoms with Gasteiger partial charge in [0.15, 0.2) is 5.82 Å². The highest BCUT2D eigenvalue weighted by Crippen LogP contribution is 2.73. The Kier molecular flexibility index (Phi) is 6.52. The standard InChI is InChI=1S/C33H47BrN2O2/c1-21(2)22(3)7-8-23(4)26-10-11-27-30(26,5)15-14-28-31(6)16-13-25(37)19-32(31)17-18-33(27,28)38-36(32)29-12-9-24(34)20-35-29/h7-9,12,17-18,20-23,25-28,37H,10-11,13-16,19H2,1-6H3. The van der Waals surface area contributed by atoms with Crippen molar-refractivity contribution >= 4 is 21.7 Å². The molecule has 10 atom stereocenters. The average molecular weight is 584 g/mol. The lowest BCUT2D eigenvalue weighted by Crippen LogP contribution is -2.79. The largest absolute Gasteiger partial charge is 0.393 e. The highest BCUT2D eigenvalue weighted by Gasteiger charge is 2.75. The van der Waals surface area contributed by atoms with E-state index >= 15 is 0 Å². The number of halogens is 1. The number of aliphatic hydroxyl groups is 1. The normalized spacial score (nSPS) is 45.2. The third-order valence-electron chi connectivity index (χ3n) is 12.3. The van der Waals surface area contributed by atoms with Gasteiger partial charge >= 0.3 is 0 Å². The van der Waals surface area contributed by atoms with E-state index in [9.17, 15) is 5.11 Å². The molecule has 7 rings (SSSR count). The number of aromatic nitrogens is 1. The molecule has 0 radical (unpaired) electrons. The van der Waals surface area contributed by atoms with E-state index < -0.39 is 0 Å². The van der Waals surface area contributed by atoms with E-state index in [0.29, 0.717) is 41.9 Å². The van der Waals surface area contributed by atoms with Gasteiger partial charge in [-0.25, -0.2) is 10.0 Å². The van der Waals surface area contributed by atoms with Gasteiger partial charge in [0.05, 0.1) is 11.6 Å². The van der Waals surface area contributed by atoms with Crippen molar-refractivity contribution in [1.82, 2.24) is 4.98 Å². The van der Waals surface area contributed by atoms with Crippen LogP contribution in [-0.2, 0) is 4.84 Å². The van der Waals surface area contributed by atoms with Gasteiger partial charge in [0.1, 0.15) is 5.60 Å². The van der Waals surface area contributed by atoms with Crippen LogP contribution in [0.5, 0.6) is 0 Å². The van der Waals surface area contributed by atoms with Gasteiger partial charge in [0.25, 0.3) is 0 Å². The van der Waals surface area contributed by atoms with Crippen LogP contribution in [0.2, 0.25) is 0 Å². The number of fused-ring (bicyclic) bond motifs is 2. The molecule has 4 aliphatic carbocycles. The SMILES string of the molecule is CC(C)C(C)C=CC(C)C1CCC2C1(C)CCC1C23C=CC2(CC(O)CCC12C)N(c1ccc(Br)cn1)O3. The quantitative estimate of drug-likeness (QED) is 0.356. The molecule has 1 aromatic heterocycles. The molecule has 1 saturated heterocycles. The maximum absolute atomic E-state index is 10.9. The number of allylic oxidation sites excluding steroid dienone is 2. The zero-order chi connectivity index (χ0) is 27.1. The van der Waals surface area contributed by atoms with Crippen molar-refractivity contribution in [3.8, 4) is 0 Å². The smallest absolute Gasteiger partial charge is 0.153 e. The predicted molar refractivity (Wildman–Crippen MR) is 157 cm³/mol. The Morgan fingerprint density at radius 3 is 2.53 bits per heavy atom. The molecule has 2 bridgehead atoms. The van der Waals surface area contributed by atoms with Gasteiger partial charge in [0.2, 0.25) is 0 Å². The molecule has 0 aromatic carbocycles. The number of rotatable bonds is 5. The van der Waals surface area contributed by atoms with Crippen LogP contribution in [0.4, 0.5) is 5.82 Å². The molecule has 1 aromatic rings. The summed E-state index contributed by atoms with van der Waals surface area (Å²) in [7, 11) is 0. The van der Waals surface area contributed by atoms with Gasteiger partial charge in [-0.15, -0.1) is 0 Å². The Balaban J connectivity index is 1.41. The lowest BCUT2D eigenvalue weighted by atomic mass is 9.41. The maximum Gasteiger partial charge on any atom is 0.153 e. The molecule has 0 amide bonds. The third-order valence-corrected chi connectivity index (χ3v) is 12.8. The zero-order valence-electron chi connectivity index (χ0n) is 24.2. The summed E-state index contributed by atoms with van der Waals surface area (Å²) in [6.45, 7) is 14.5. The number of hydroxylamine groups is 1. The summed E-state index contributed by atoms with van der Waals surface area (Å²) < 4.78 is 0.969. The van der Waals surface area contributed by atoms with E-state index in [1.165, 1.54) is 25.7 Å². The summed E-state index contributed by atoms with van der Waals surface area (Å²) in [4.78, 5) is 12.2. The minimum atomic E-state index is -0.368. The average Bonchev–Trinajstić information content (AvgIpc) is 3.25. The third kappa shape index (κ3) is 3.63. The van der Waals surface area contributed by atoms with Gasteiger partial charge < -0.3 is 5.11 Å². The van der Waals surface area contributed by atoms with Crippen molar-refractivity contribution in [2.45, 2.75) is 104 Å². The molecule has 2 aliphatic heterocycles. The Morgan fingerprint density at radius 1 is 1.03 bits per heavy atom. The van der Waals surface area contributed by atoms with E-state index in [1.807, 2.05) is 6.20 Å². The number of anilines is 1. The monoisotopic (exact) mass is 582 g/mol. The Hall–Kier alpha value is -1.17. The van der Waals surface area contributed by atoms with E-state index in [-0.39, 0.29) is 28.1 Å². The van der Waals surface area contributed by atoms with Gasteiger partial charge in [0, 0.05) is 34.3 Å². The molecule has 3 saturated carbocycles. The number of nitrogens with zero attached hydrogens (tertiary/aromatic N) is 2. The van der Waals surface area contributed by atoms with Crippen LogP contribution in [0.15, 0.2) is 47.1 Å². The molecule has 10 unspecified atom stereocenters. The number of hydrogen-bond donors (Lipinski definition) is 1. The van der Waals surface area contributed by atoms with Gasteiger partial charge in [-0.2, -0.15) is 0 Å². The minimum Gasteiger partial charge on any atom is -0.393 e. The molecule has 6 aliphatic rings. The second-order valence-electron chi connectivity index (χ2n) is 14.3. The summed E-state index contributed by atoms with van der Waals surface area (Å²) in [5.41, 5.74) is -0.408. The van der Waals surface area contributed by atoms with Crippen LogP contribution in [0.1, 0.15) is 86.5 Å². The van der Waals surface area contributed by atoms with Crippen LogP contribution >= 0.6 is 15.9 Å². The summed E-state index contributed by atoms with van der Waals surface area (Å²) >= 11 is 3.56. The molecular formula is C33H47BrN2O2. The Labute approximate surface area is 238 Å². The van der Waals surface area contributed by atoms with Crippen molar-refractivity contribution in [3.63, 3.8) is 0 Å². The second-order valence-corrected chi connectivity index (χ2v) is 15.2. The number of pyridine rings is 1. The van der Waals surface area contributed by atoms with Crippen molar-refractivity contribution in [1.29, 1.82) is 0 Å². The minimum absolute atomic E-state index is 0.0333. The van der Waals surface area contributed by atoms with Gasteiger partial charge in [-0.1, -0.05) is 65.8 Å². The Morgan fingerprint density at radius 2 is 1.82 bits per heavy atom. The van der Waals surface area contributed by atoms with E-state index in [1.54, 1.807) is 0 Å². The van der Waals surface area contributed by atoms with Gasteiger partial charge in [-0.05, 0) is 95.7 Å². The summed E-state index contributed by atoms with van der Waals surface area (Å²) in [5, 5.41) is 13.1. The summed E-state index contributed by atoms with van der Waals surface area (Å²) in [6, 6.07) is 4.13. The highest BCUT2D eigenvalue weighted by molar-refractivity contribution is 9.10. The fourth-order valence-corrected chi connectivity index (χ4v) is 10.0. The fourth-order valence-electron chi connectivity index (χ4n) is 9.81. The zero-order valence-corrected chi connectivity index (χ0v) is 25.7. The van der Waals surface area contributed by atoms with E-state index in [0.717, 1.165) is 23.1 Å². The molecule has 4 fully saturated rings. The second kappa shape index (κ2) is 9.17. The molecule has 1 N–H and O–H groups in total. The van der Waals surface area contributed by atoms with Crippen LogP contribution in [0, 0.1) is 46.3 Å². The van der Waals surface area contributed by atoms with Crippen molar-refractivity contribution in [3.05, 3.63) is 47.1 Å². The lowest BCUT2D eigenvalue weighted by Gasteiger charge is -2.73. The fraction of sp³-hybridized carbons (Fsp3) is 0.727.